The number of aryl methyl sites for hydroxylation is 1. The molecule has 0 radical (unpaired) electrons. The van der Waals surface area contributed by atoms with E-state index in [0.717, 1.165) is 71.9 Å². The van der Waals surface area contributed by atoms with Gasteiger partial charge in [0, 0.05) is 36.3 Å². The predicted molar refractivity (Wildman–Crippen MR) is 187 cm³/mol. The number of anilines is 1. The van der Waals surface area contributed by atoms with Crippen LogP contribution in [0.2, 0.25) is 0 Å². The molecule has 1 unspecified atom stereocenters. The first-order chi connectivity index (χ1) is 22.3. The molecule has 1 N–H and O–H groups in total. The molecule has 0 bridgehead atoms. The van der Waals surface area contributed by atoms with Gasteiger partial charge in [0.15, 0.2) is 6.10 Å². The van der Waals surface area contributed by atoms with Gasteiger partial charge in [-0.05, 0) is 93.7 Å². The molecule has 5 rings (SSSR count). The summed E-state index contributed by atoms with van der Waals surface area (Å²) in [6.45, 7) is 14.5. The van der Waals surface area contributed by atoms with Crippen LogP contribution in [0.4, 0.5) is 10.1 Å². The van der Waals surface area contributed by atoms with E-state index in [4.69, 9.17) is 14.5 Å². The number of pyridine rings is 1. The first-order valence-corrected chi connectivity index (χ1v) is 17.5. The number of halogens is 1. The molecule has 1 saturated heterocycles. The summed E-state index contributed by atoms with van der Waals surface area (Å²) in [5.74, 6) is 0.0720. The van der Waals surface area contributed by atoms with Gasteiger partial charge in [-0.25, -0.2) is 9.18 Å². The van der Waals surface area contributed by atoms with Gasteiger partial charge < -0.3 is 19.5 Å². The Kier molecular flexibility index (Phi) is 11.0. The van der Waals surface area contributed by atoms with Crippen LogP contribution in [0.15, 0.2) is 48.5 Å². The number of benzene rings is 2. The van der Waals surface area contributed by atoms with E-state index in [1.807, 2.05) is 39.8 Å². The lowest BCUT2D eigenvalue weighted by Crippen LogP contribution is -2.39. The Morgan fingerprint density at radius 1 is 1.02 bits per heavy atom. The average molecular weight is 645 g/mol. The molecule has 47 heavy (non-hydrogen) atoms. The van der Waals surface area contributed by atoms with Crippen molar-refractivity contribution in [2.24, 2.45) is 11.3 Å². The van der Waals surface area contributed by atoms with E-state index < -0.39 is 17.7 Å². The van der Waals surface area contributed by atoms with Crippen molar-refractivity contribution in [1.82, 2.24) is 4.98 Å². The van der Waals surface area contributed by atoms with Crippen molar-refractivity contribution in [3.63, 3.8) is 0 Å². The molecule has 254 valence electrons. The van der Waals surface area contributed by atoms with Crippen LogP contribution >= 0.6 is 0 Å². The molecule has 0 amide bonds. The summed E-state index contributed by atoms with van der Waals surface area (Å²) in [6, 6.07) is 14.7. The van der Waals surface area contributed by atoms with Gasteiger partial charge in [0.05, 0.1) is 23.6 Å². The molecule has 1 aliphatic carbocycles. The highest BCUT2D eigenvalue weighted by Gasteiger charge is 2.37. The third-order valence-corrected chi connectivity index (χ3v) is 9.79. The number of ether oxygens (including phenoxy) is 2. The number of aliphatic carboxylic acids is 1. The number of hydrogen-bond donors (Lipinski definition) is 1. The number of aromatic nitrogens is 1. The molecule has 1 saturated carbocycles. The lowest BCUT2D eigenvalue weighted by molar-refractivity contribution is -0.160. The molecule has 7 heteroatoms. The highest BCUT2D eigenvalue weighted by atomic mass is 19.1. The van der Waals surface area contributed by atoms with Crippen molar-refractivity contribution in [2.75, 3.05) is 24.6 Å². The third-order valence-electron chi connectivity index (χ3n) is 9.79. The van der Waals surface area contributed by atoms with Crippen LogP contribution in [-0.4, -0.2) is 41.4 Å². The van der Waals surface area contributed by atoms with Crippen LogP contribution in [0.5, 0.6) is 5.75 Å². The Hall–Kier alpha value is -3.45. The largest absolute Gasteiger partial charge is 0.493 e. The summed E-state index contributed by atoms with van der Waals surface area (Å²) in [5.41, 5.74) is 6.02. The Bertz CT molecular complexity index is 1500. The molecule has 0 spiro atoms. The first kappa shape index (κ1) is 34.9. The van der Waals surface area contributed by atoms with Crippen LogP contribution in [-0.2, 0) is 22.4 Å². The summed E-state index contributed by atoms with van der Waals surface area (Å²) in [7, 11) is 0. The summed E-state index contributed by atoms with van der Waals surface area (Å²) in [5, 5.41) is 10.6. The van der Waals surface area contributed by atoms with Gasteiger partial charge in [-0.1, -0.05) is 70.2 Å². The highest BCUT2D eigenvalue weighted by Crippen LogP contribution is 2.46. The van der Waals surface area contributed by atoms with E-state index in [1.54, 1.807) is 12.1 Å². The maximum Gasteiger partial charge on any atom is 0.337 e. The topological polar surface area (TPSA) is 71.9 Å². The molecule has 2 aliphatic rings. The van der Waals surface area contributed by atoms with Gasteiger partial charge in [-0.3, -0.25) is 4.98 Å². The number of hydrogen-bond acceptors (Lipinski definition) is 5. The number of carboxylic acids is 1. The molecular formula is C40H53FN2O4. The van der Waals surface area contributed by atoms with Gasteiger partial charge in [-0.15, -0.1) is 0 Å². The third kappa shape index (κ3) is 9.13. The summed E-state index contributed by atoms with van der Waals surface area (Å²) < 4.78 is 25.7. The zero-order valence-corrected chi connectivity index (χ0v) is 29.2. The summed E-state index contributed by atoms with van der Waals surface area (Å²) in [6.07, 6.45) is 8.61. The fourth-order valence-electron chi connectivity index (χ4n) is 7.10. The SMILES string of the molecule is Cc1nc(CC2CCCCC2)c(-c2ccc(OCCc3ccc(F)cc3)cc2)c(N2CCC(C)(C)CC2)c1C(OC(C)(C)C)C(=O)O. The van der Waals surface area contributed by atoms with Crippen LogP contribution in [0.25, 0.3) is 11.1 Å². The minimum Gasteiger partial charge on any atom is -0.493 e. The Balaban J connectivity index is 1.58. The van der Waals surface area contributed by atoms with Gasteiger partial charge in [0.2, 0.25) is 0 Å². The number of carboxylic acid groups (broad SMARTS) is 1. The maximum absolute atomic E-state index is 13.3. The summed E-state index contributed by atoms with van der Waals surface area (Å²) >= 11 is 0. The van der Waals surface area contributed by atoms with Crippen molar-refractivity contribution < 1.29 is 23.8 Å². The van der Waals surface area contributed by atoms with E-state index in [2.05, 4.69) is 30.9 Å². The second-order valence-corrected chi connectivity index (χ2v) is 15.3. The molecule has 1 aliphatic heterocycles. The van der Waals surface area contributed by atoms with E-state index >= 15 is 0 Å². The van der Waals surface area contributed by atoms with E-state index in [1.165, 1.54) is 44.2 Å². The molecule has 2 fully saturated rings. The quantitative estimate of drug-likeness (QED) is 0.224. The summed E-state index contributed by atoms with van der Waals surface area (Å²) in [4.78, 5) is 20.6. The van der Waals surface area contributed by atoms with Crippen molar-refractivity contribution in [3.05, 3.63) is 76.9 Å². The van der Waals surface area contributed by atoms with E-state index in [0.29, 0.717) is 24.5 Å². The van der Waals surface area contributed by atoms with E-state index in [9.17, 15) is 14.3 Å². The minimum absolute atomic E-state index is 0.227. The Morgan fingerprint density at radius 3 is 2.26 bits per heavy atom. The van der Waals surface area contributed by atoms with Gasteiger partial charge in [-0.2, -0.15) is 0 Å². The van der Waals surface area contributed by atoms with Crippen LogP contribution < -0.4 is 9.64 Å². The molecule has 3 aromatic rings. The fraction of sp³-hybridized carbons (Fsp3) is 0.550. The smallest absolute Gasteiger partial charge is 0.337 e. The van der Waals surface area contributed by atoms with Gasteiger partial charge in [0.1, 0.15) is 11.6 Å². The lowest BCUT2D eigenvalue weighted by Gasteiger charge is -2.41. The standard InChI is InChI=1S/C40H53FN2O4/c1-27-34(37(38(44)45)47-39(2,3)4)36(43-23-21-40(5,6)22-24-43)35(33(42-27)26-29-10-8-7-9-11-29)30-14-18-32(19-15-30)46-25-20-28-12-16-31(41)17-13-28/h12-19,29,37H,7-11,20-26H2,1-6H3,(H,44,45). The van der Waals surface area contributed by atoms with Gasteiger partial charge in [0.25, 0.3) is 0 Å². The molecule has 1 atom stereocenters. The number of carbonyl (C=O) groups is 1. The molecule has 2 aromatic carbocycles. The van der Waals surface area contributed by atoms with Crippen LogP contribution in [0.3, 0.4) is 0 Å². The number of piperidine rings is 1. The van der Waals surface area contributed by atoms with Crippen molar-refractivity contribution in [1.29, 1.82) is 0 Å². The maximum atomic E-state index is 13.3. The number of rotatable bonds is 11. The second kappa shape index (κ2) is 14.8. The molecular weight excluding hydrogens is 591 g/mol. The molecule has 6 nitrogen and oxygen atoms in total. The van der Waals surface area contributed by atoms with Gasteiger partial charge >= 0.3 is 5.97 Å². The highest BCUT2D eigenvalue weighted by molar-refractivity contribution is 5.88. The fourth-order valence-corrected chi connectivity index (χ4v) is 7.10. The molecule has 1 aromatic heterocycles. The number of nitrogens with zero attached hydrogens (tertiary/aromatic N) is 2. The first-order valence-electron chi connectivity index (χ1n) is 17.5. The minimum atomic E-state index is -1.15. The molecule has 2 heterocycles. The Morgan fingerprint density at radius 2 is 1.66 bits per heavy atom. The van der Waals surface area contributed by atoms with Crippen molar-refractivity contribution >= 4 is 11.7 Å². The van der Waals surface area contributed by atoms with E-state index in [-0.39, 0.29) is 11.2 Å². The monoisotopic (exact) mass is 644 g/mol. The Labute approximate surface area is 280 Å². The average Bonchev–Trinajstić information content (AvgIpc) is 3.01. The van der Waals surface area contributed by atoms with Crippen LogP contribution in [0.1, 0.15) is 108 Å². The van der Waals surface area contributed by atoms with Crippen LogP contribution in [0, 0.1) is 24.1 Å². The lowest BCUT2D eigenvalue weighted by atomic mass is 9.81. The van der Waals surface area contributed by atoms with Crippen molar-refractivity contribution in [3.8, 4) is 16.9 Å². The zero-order valence-electron chi connectivity index (χ0n) is 29.2. The predicted octanol–water partition coefficient (Wildman–Crippen LogP) is 9.51. The zero-order chi connectivity index (χ0) is 33.8. The second-order valence-electron chi connectivity index (χ2n) is 15.3. The van der Waals surface area contributed by atoms with Crippen molar-refractivity contribution in [2.45, 2.75) is 111 Å². The normalized spacial score (nSPS) is 17.8.